The fourth-order valence-corrected chi connectivity index (χ4v) is 3.33. The van der Waals surface area contributed by atoms with Crippen LogP contribution in [-0.4, -0.2) is 24.6 Å². The third kappa shape index (κ3) is 6.15. The van der Waals surface area contributed by atoms with Crippen LogP contribution in [0, 0.1) is 5.82 Å². The lowest BCUT2D eigenvalue weighted by molar-refractivity contribution is 0.0142. The number of hydrogen-bond donors (Lipinski definition) is 1. The molecule has 6 heteroatoms. The molecule has 2 aromatic rings. The Kier molecular flexibility index (Phi) is 7.60. The number of amides is 1. The van der Waals surface area contributed by atoms with Gasteiger partial charge >= 0.3 is 6.09 Å². The van der Waals surface area contributed by atoms with Gasteiger partial charge in [0.15, 0.2) is 0 Å². The Morgan fingerprint density at radius 2 is 1.72 bits per heavy atom. The van der Waals surface area contributed by atoms with Gasteiger partial charge in [-0.1, -0.05) is 46.3 Å². The van der Waals surface area contributed by atoms with Crippen LogP contribution < -0.4 is 5.73 Å². The van der Waals surface area contributed by atoms with Gasteiger partial charge in [0.05, 0.1) is 0 Å². The highest BCUT2D eigenvalue weighted by molar-refractivity contribution is 9.10. The molecule has 0 aliphatic carbocycles. The van der Waals surface area contributed by atoms with Crippen LogP contribution in [0.1, 0.15) is 37.8 Å². The highest BCUT2D eigenvalue weighted by atomic mass is 79.9. The molecule has 2 N–H and O–H groups in total. The number of nitrogens with zero attached hydrogens (tertiary/aromatic N) is 1. The quantitative estimate of drug-likeness (QED) is 0.510. The van der Waals surface area contributed by atoms with Crippen molar-refractivity contribution in [2.45, 2.75) is 37.8 Å². The number of nitrogens with two attached hydrogens (primary N) is 1. The van der Waals surface area contributed by atoms with Gasteiger partial charge < -0.3 is 15.4 Å². The van der Waals surface area contributed by atoms with Crippen LogP contribution >= 0.6 is 15.9 Å². The fraction of sp³-hybridized carbons (Fsp3) is 0.348. The molecule has 156 valence electrons. The van der Waals surface area contributed by atoms with E-state index >= 15 is 0 Å². The van der Waals surface area contributed by atoms with Crippen molar-refractivity contribution in [3.63, 3.8) is 0 Å². The molecule has 0 radical (unpaired) electrons. The van der Waals surface area contributed by atoms with Gasteiger partial charge in [0.25, 0.3) is 0 Å². The molecular formula is C23H28BrFN2O2. The highest BCUT2D eigenvalue weighted by Crippen LogP contribution is 2.29. The van der Waals surface area contributed by atoms with Crippen molar-refractivity contribution in [1.29, 1.82) is 0 Å². The molecule has 1 amide bonds. The van der Waals surface area contributed by atoms with Crippen LogP contribution in [0.15, 0.2) is 65.7 Å². The van der Waals surface area contributed by atoms with Gasteiger partial charge in [0, 0.05) is 23.6 Å². The second-order valence-electron chi connectivity index (χ2n) is 7.71. The largest absolute Gasteiger partial charge is 0.439 e. The molecule has 0 aliphatic heterocycles. The third-order valence-electron chi connectivity index (χ3n) is 5.01. The van der Waals surface area contributed by atoms with E-state index in [0.717, 1.165) is 15.6 Å². The van der Waals surface area contributed by atoms with Gasteiger partial charge in [-0.2, -0.15) is 0 Å². The minimum Gasteiger partial charge on any atom is -0.439 e. The van der Waals surface area contributed by atoms with Gasteiger partial charge in [-0.05, 0) is 62.1 Å². The van der Waals surface area contributed by atoms with E-state index in [0.29, 0.717) is 19.4 Å². The molecule has 0 aromatic heterocycles. The fourth-order valence-electron chi connectivity index (χ4n) is 3.07. The summed E-state index contributed by atoms with van der Waals surface area (Å²) in [4.78, 5) is 14.1. The SMILES string of the molecule is C=CCC(N)(CCN(C)C(=O)OC(C)(C)c1ccc(Br)cc1)c1ccc(F)cc1. The summed E-state index contributed by atoms with van der Waals surface area (Å²) < 4.78 is 20.0. The molecule has 2 rings (SSSR count). The Hall–Kier alpha value is -2.18. The van der Waals surface area contributed by atoms with Crippen LogP contribution in [0.3, 0.4) is 0 Å². The number of halogens is 2. The lowest BCUT2D eigenvalue weighted by atomic mass is 9.84. The van der Waals surface area contributed by atoms with E-state index in [1.54, 1.807) is 25.3 Å². The van der Waals surface area contributed by atoms with Crippen molar-refractivity contribution in [2.75, 3.05) is 13.6 Å². The summed E-state index contributed by atoms with van der Waals surface area (Å²) in [5.74, 6) is -0.314. The zero-order chi connectivity index (χ0) is 21.7. The Balaban J connectivity index is 2.04. The van der Waals surface area contributed by atoms with Crippen molar-refractivity contribution in [1.82, 2.24) is 4.90 Å². The second-order valence-corrected chi connectivity index (χ2v) is 8.63. The smallest absolute Gasteiger partial charge is 0.410 e. The van der Waals surface area contributed by atoms with Crippen LogP contribution in [0.5, 0.6) is 0 Å². The molecule has 29 heavy (non-hydrogen) atoms. The van der Waals surface area contributed by atoms with E-state index in [1.165, 1.54) is 17.0 Å². The standard InChI is InChI=1S/C23H28BrFN2O2/c1-5-14-23(26,18-8-12-20(25)13-9-18)15-16-27(4)21(28)29-22(2,3)17-6-10-19(24)11-7-17/h5-13H,1,14-16,26H2,2-4H3. The second kappa shape index (κ2) is 9.55. The van der Waals surface area contributed by atoms with Gasteiger partial charge in [-0.3, -0.25) is 0 Å². The number of ether oxygens (including phenoxy) is 1. The summed E-state index contributed by atoms with van der Waals surface area (Å²) in [5.41, 5.74) is 6.76. The highest BCUT2D eigenvalue weighted by Gasteiger charge is 2.30. The van der Waals surface area contributed by atoms with Crippen LogP contribution in [-0.2, 0) is 15.9 Å². The molecule has 1 unspecified atom stereocenters. The average Bonchev–Trinajstić information content (AvgIpc) is 2.66. The minimum atomic E-state index is -0.774. The van der Waals surface area contributed by atoms with Gasteiger partial charge in [0.1, 0.15) is 11.4 Å². The van der Waals surface area contributed by atoms with E-state index in [1.807, 2.05) is 38.1 Å². The number of carbonyl (C=O) groups is 1. The molecule has 0 aliphatic rings. The molecule has 4 nitrogen and oxygen atoms in total. The number of benzene rings is 2. The van der Waals surface area contributed by atoms with Crippen LogP contribution in [0.2, 0.25) is 0 Å². The third-order valence-corrected chi connectivity index (χ3v) is 5.54. The lowest BCUT2D eigenvalue weighted by Gasteiger charge is -2.32. The zero-order valence-corrected chi connectivity index (χ0v) is 18.7. The van der Waals surface area contributed by atoms with Crippen LogP contribution in [0.25, 0.3) is 0 Å². The molecule has 1 atom stereocenters. The van der Waals surface area contributed by atoms with E-state index in [-0.39, 0.29) is 5.82 Å². The number of rotatable bonds is 8. The Morgan fingerprint density at radius 3 is 2.28 bits per heavy atom. The van der Waals surface area contributed by atoms with E-state index in [2.05, 4.69) is 22.5 Å². The molecule has 0 spiro atoms. The maximum Gasteiger partial charge on any atom is 0.410 e. The van der Waals surface area contributed by atoms with E-state index < -0.39 is 17.2 Å². The Labute approximate surface area is 180 Å². The molecule has 2 aromatic carbocycles. The zero-order valence-electron chi connectivity index (χ0n) is 17.1. The predicted octanol–water partition coefficient (Wildman–Crippen LogP) is 5.71. The van der Waals surface area contributed by atoms with E-state index in [9.17, 15) is 9.18 Å². The minimum absolute atomic E-state index is 0.314. The summed E-state index contributed by atoms with van der Waals surface area (Å²) in [5, 5.41) is 0. The maximum absolute atomic E-state index is 13.3. The van der Waals surface area contributed by atoms with Crippen molar-refractivity contribution >= 4 is 22.0 Å². The molecule has 0 bridgehead atoms. The van der Waals surface area contributed by atoms with Gasteiger partial charge in [-0.25, -0.2) is 9.18 Å². The Bertz CT molecular complexity index is 837. The molecule has 0 saturated heterocycles. The van der Waals surface area contributed by atoms with Crippen molar-refractivity contribution in [3.8, 4) is 0 Å². The van der Waals surface area contributed by atoms with Crippen LogP contribution in [0.4, 0.5) is 9.18 Å². The first kappa shape index (κ1) is 23.1. The van der Waals surface area contributed by atoms with Gasteiger partial charge in [-0.15, -0.1) is 6.58 Å². The summed E-state index contributed by atoms with van der Waals surface area (Å²) in [6, 6.07) is 13.8. The molecule has 0 saturated carbocycles. The topological polar surface area (TPSA) is 55.6 Å². The molecule has 0 fully saturated rings. The Morgan fingerprint density at radius 1 is 1.17 bits per heavy atom. The number of hydrogen-bond acceptors (Lipinski definition) is 3. The summed E-state index contributed by atoms with van der Waals surface area (Å²) in [6.07, 6.45) is 2.29. The molecular weight excluding hydrogens is 435 g/mol. The predicted molar refractivity (Wildman–Crippen MR) is 118 cm³/mol. The average molecular weight is 463 g/mol. The summed E-state index contributed by atoms with van der Waals surface area (Å²) in [7, 11) is 1.68. The van der Waals surface area contributed by atoms with Crippen molar-refractivity contribution in [3.05, 3.63) is 82.6 Å². The van der Waals surface area contributed by atoms with E-state index in [4.69, 9.17) is 10.5 Å². The van der Waals surface area contributed by atoms with Gasteiger partial charge in [0.2, 0.25) is 0 Å². The first-order valence-electron chi connectivity index (χ1n) is 9.43. The van der Waals surface area contributed by atoms with Crippen molar-refractivity contribution in [2.24, 2.45) is 5.73 Å². The van der Waals surface area contributed by atoms with Crippen molar-refractivity contribution < 1.29 is 13.9 Å². The monoisotopic (exact) mass is 462 g/mol. The maximum atomic E-state index is 13.3. The summed E-state index contributed by atoms with van der Waals surface area (Å²) in [6.45, 7) is 7.87. The normalized spacial score (nSPS) is 13.4. The first-order chi connectivity index (χ1) is 13.6. The lowest BCUT2D eigenvalue weighted by Crippen LogP contribution is -2.42. The molecule has 0 heterocycles. The summed E-state index contributed by atoms with van der Waals surface area (Å²) >= 11 is 3.41. The number of carbonyl (C=O) groups excluding carboxylic acids is 1. The first-order valence-corrected chi connectivity index (χ1v) is 10.2.